The van der Waals surface area contributed by atoms with Crippen molar-refractivity contribution >= 4 is 5.91 Å². The van der Waals surface area contributed by atoms with E-state index in [0.29, 0.717) is 5.92 Å². The maximum Gasteiger partial charge on any atom is 0.250 e. The molecule has 0 bridgehead atoms. The quantitative estimate of drug-likeness (QED) is 0.574. The third-order valence-electron chi connectivity index (χ3n) is 2.41. The van der Waals surface area contributed by atoms with Gasteiger partial charge in [-0.05, 0) is 12.3 Å². The van der Waals surface area contributed by atoms with Crippen LogP contribution in [0, 0.1) is 5.92 Å². The van der Waals surface area contributed by atoms with Gasteiger partial charge in [-0.2, -0.15) is 0 Å². The average Bonchev–Trinajstić information content (AvgIpc) is 2.61. The second kappa shape index (κ2) is 3.74. The molecule has 2 unspecified atom stereocenters. The predicted molar refractivity (Wildman–Crippen MR) is 49.5 cm³/mol. The fourth-order valence-corrected chi connectivity index (χ4v) is 1.66. The summed E-state index contributed by atoms with van der Waals surface area (Å²) >= 11 is 0. The molecule has 2 atom stereocenters. The minimum absolute atomic E-state index is 0.157. The van der Waals surface area contributed by atoms with E-state index >= 15 is 0 Å². The Kier molecular flexibility index (Phi) is 2.90. The molecule has 0 aliphatic carbocycles. The van der Waals surface area contributed by atoms with Crippen molar-refractivity contribution in [2.75, 3.05) is 0 Å². The SMILES string of the molecule is C=CN1C(=O)C1CC(C)CCC. The van der Waals surface area contributed by atoms with Crippen LogP contribution in [0.3, 0.4) is 0 Å². The van der Waals surface area contributed by atoms with Crippen molar-refractivity contribution in [1.82, 2.24) is 4.90 Å². The molecule has 0 aromatic rings. The molecule has 1 rings (SSSR count). The molecule has 2 nitrogen and oxygen atoms in total. The number of hydrogen-bond donors (Lipinski definition) is 0. The van der Waals surface area contributed by atoms with Crippen molar-refractivity contribution < 1.29 is 4.79 Å². The highest BCUT2D eigenvalue weighted by atomic mass is 16.2. The van der Waals surface area contributed by atoms with E-state index in [9.17, 15) is 4.79 Å². The summed E-state index contributed by atoms with van der Waals surface area (Å²) in [4.78, 5) is 12.8. The maximum atomic E-state index is 11.0. The summed E-state index contributed by atoms with van der Waals surface area (Å²) in [5.74, 6) is 0.904. The van der Waals surface area contributed by atoms with Gasteiger partial charge in [0.25, 0.3) is 0 Å². The molecule has 1 aliphatic heterocycles. The molecule has 0 aromatic carbocycles. The Morgan fingerprint density at radius 1 is 1.75 bits per heavy atom. The number of carbonyl (C=O) groups excluding carboxylic acids is 1. The molecule has 1 fully saturated rings. The summed E-state index contributed by atoms with van der Waals surface area (Å²) in [6.07, 6.45) is 5.05. The first kappa shape index (κ1) is 9.30. The minimum Gasteiger partial charge on any atom is -0.305 e. The van der Waals surface area contributed by atoms with E-state index in [-0.39, 0.29) is 11.9 Å². The largest absolute Gasteiger partial charge is 0.305 e. The number of nitrogens with zero attached hydrogens (tertiary/aromatic N) is 1. The minimum atomic E-state index is 0.157. The van der Waals surface area contributed by atoms with Gasteiger partial charge in [-0.1, -0.05) is 33.3 Å². The van der Waals surface area contributed by atoms with Gasteiger partial charge in [-0.3, -0.25) is 4.79 Å². The molecule has 1 saturated heterocycles. The van der Waals surface area contributed by atoms with Crippen LogP contribution in [0.5, 0.6) is 0 Å². The van der Waals surface area contributed by atoms with Gasteiger partial charge in [0.15, 0.2) is 0 Å². The van der Waals surface area contributed by atoms with Gasteiger partial charge in [0.05, 0.1) is 0 Å². The Balaban J connectivity index is 2.25. The van der Waals surface area contributed by atoms with Crippen LogP contribution in [-0.2, 0) is 4.79 Å². The molecule has 1 heterocycles. The Hall–Kier alpha value is -0.790. The Morgan fingerprint density at radius 3 is 2.83 bits per heavy atom. The number of hydrogen-bond acceptors (Lipinski definition) is 1. The summed E-state index contributed by atoms with van der Waals surface area (Å²) < 4.78 is 0. The first-order valence-electron chi connectivity index (χ1n) is 4.65. The average molecular weight is 167 g/mol. The van der Waals surface area contributed by atoms with E-state index in [1.165, 1.54) is 12.8 Å². The number of amides is 1. The Labute approximate surface area is 74.2 Å². The highest BCUT2D eigenvalue weighted by molar-refractivity contribution is 5.97. The monoisotopic (exact) mass is 167 g/mol. The van der Waals surface area contributed by atoms with Crippen molar-refractivity contribution in [2.45, 2.75) is 39.2 Å². The van der Waals surface area contributed by atoms with E-state index in [1.54, 1.807) is 11.1 Å². The molecule has 1 amide bonds. The van der Waals surface area contributed by atoms with Crippen LogP contribution in [0.4, 0.5) is 0 Å². The van der Waals surface area contributed by atoms with Crippen LogP contribution in [0.2, 0.25) is 0 Å². The lowest BCUT2D eigenvalue weighted by molar-refractivity contribution is -0.113. The van der Waals surface area contributed by atoms with Crippen molar-refractivity contribution in [3.63, 3.8) is 0 Å². The van der Waals surface area contributed by atoms with E-state index < -0.39 is 0 Å². The second-order valence-corrected chi connectivity index (χ2v) is 3.57. The predicted octanol–water partition coefficient (Wildman–Crippen LogP) is 2.17. The van der Waals surface area contributed by atoms with E-state index in [4.69, 9.17) is 0 Å². The van der Waals surface area contributed by atoms with Crippen LogP contribution < -0.4 is 0 Å². The van der Waals surface area contributed by atoms with Gasteiger partial charge in [-0.15, -0.1) is 0 Å². The molecule has 0 N–H and O–H groups in total. The molecule has 68 valence electrons. The molecule has 0 radical (unpaired) electrons. The highest BCUT2D eigenvalue weighted by Crippen LogP contribution is 2.28. The number of rotatable bonds is 5. The number of carbonyl (C=O) groups is 1. The third kappa shape index (κ3) is 1.87. The zero-order valence-corrected chi connectivity index (χ0v) is 7.92. The second-order valence-electron chi connectivity index (χ2n) is 3.57. The molecule has 0 spiro atoms. The summed E-state index contributed by atoms with van der Waals surface area (Å²) in [6, 6.07) is 0.157. The lowest BCUT2D eigenvalue weighted by Crippen LogP contribution is -2.02. The van der Waals surface area contributed by atoms with Crippen LogP contribution in [-0.4, -0.2) is 16.8 Å². The Morgan fingerprint density at radius 2 is 2.42 bits per heavy atom. The molecule has 2 heteroatoms. The fourth-order valence-electron chi connectivity index (χ4n) is 1.66. The molecule has 12 heavy (non-hydrogen) atoms. The van der Waals surface area contributed by atoms with Gasteiger partial charge >= 0.3 is 0 Å². The molecule has 1 aliphatic rings. The normalized spacial score (nSPS) is 24.0. The first-order valence-corrected chi connectivity index (χ1v) is 4.65. The zero-order valence-electron chi connectivity index (χ0n) is 7.92. The lowest BCUT2D eigenvalue weighted by Gasteiger charge is -2.06. The Bertz CT molecular complexity index is 188. The summed E-state index contributed by atoms with van der Waals surface area (Å²) in [6.45, 7) is 7.96. The van der Waals surface area contributed by atoms with Crippen LogP contribution in [0.15, 0.2) is 12.8 Å². The van der Waals surface area contributed by atoms with E-state index in [2.05, 4.69) is 20.4 Å². The molecular weight excluding hydrogens is 150 g/mol. The molecule has 0 aromatic heterocycles. The van der Waals surface area contributed by atoms with Crippen molar-refractivity contribution in [2.24, 2.45) is 5.92 Å². The van der Waals surface area contributed by atoms with Crippen LogP contribution in [0.25, 0.3) is 0 Å². The van der Waals surface area contributed by atoms with Crippen LogP contribution in [0.1, 0.15) is 33.1 Å². The standard InChI is InChI=1S/C10H17NO/c1-4-6-8(3)7-9-10(12)11(9)5-2/h5,8-9H,2,4,6-7H2,1,3H3. The highest BCUT2D eigenvalue weighted by Gasteiger charge is 2.43. The van der Waals surface area contributed by atoms with Crippen molar-refractivity contribution in [1.29, 1.82) is 0 Å². The van der Waals surface area contributed by atoms with Gasteiger partial charge in [0.2, 0.25) is 5.91 Å². The summed E-state index contributed by atoms with van der Waals surface area (Å²) in [5, 5.41) is 0. The fraction of sp³-hybridized carbons (Fsp3) is 0.700. The van der Waals surface area contributed by atoms with E-state index in [0.717, 1.165) is 6.42 Å². The first-order chi connectivity index (χ1) is 5.70. The van der Waals surface area contributed by atoms with Gasteiger partial charge in [-0.25, -0.2) is 0 Å². The van der Waals surface area contributed by atoms with Gasteiger partial charge < -0.3 is 4.90 Å². The zero-order chi connectivity index (χ0) is 9.14. The summed E-state index contributed by atoms with van der Waals surface area (Å²) in [5.41, 5.74) is 0. The molecular formula is C10H17NO. The van der Waals surface area contributed by atoms with Gasteiger partial charge in [0, 0.05) is 6.20 Å². The van der Waals surface area contributed by atoms with Crippen molar-refractivity contribution in [3.05, 3.63) is 12.8 Å². The topological polar surface area (TPSA) is 20.1 Å². The molecule has 0 saturated carbocycles. The van der Waals surface area contributed by atoms with Crippen LogP contribution >= 0.6 is 0 Å². The third-order valence-corrected chi connectivity index (χ3v) is 2.41. The summed E-state index contributed by atoms with van der Waals surface area (Å²) in [7, 11) is 0. The lowest BCUT2D eigenvalue weighted by atomic mass is 10.0. The smallest absolute Gasteiger partial charge is 0.250 e. The maximum absolute atomic E-state index is 11.0. The van der Waals surface area contributed by atoms with Gasteiger partial charge in [0.1, 0.15) is 6.04 Å². The van der Waals surface area contributed by atoms with E-state index in [1.807, 2.05) is 0 Å². The van der Waals surface area contributed by atoms with Crippen molar-refractivity contribution in [3.8, 4) is 0 Å².